The normalized spacial score (nSPS) is 25.9. The van der Waals surface area contributed by atoms with Gasteiger partial charge in [-0.2, -0.15) is 5.26 Å². The first kappa shape index (κ1) is 16.5. The van der Waals surface area contributed by atoms with Crippen LogP contribution in [0.4, 0.5) is 13.2 Å². The Morgan fingerprint density at radius 3 is 2.59 bits per heavy atom. The second-order valence-electron chi connectivity index (χ2n) is 5.23. The standard InChI is InChI=1S/C14H13F3N2O2S/c15-14(16,17)21-11-4-1-8(5-9(7-18)12(19)22)6-13(11,20)10-2-3-10/h1,4-5,10,20H,2-3,6H2,(H2,19,22). The fourth-order valence-electron chi connectivity index (χ4n) is 2.38. The minimum absolute atomic E-state index is 0.0352. The maximum absolute atomic E-state index is 12.5. The van der Waals surface area contributed by atoms with E-state index in [9.17, 15) is 18.3 Å². The molecule has 1 unspecified atom stereocenters. The van der Waals surface area contributed by atoms with Crippen molar-refractivity contribution in [3.05, 3.63) is 35.1 Å². The smallest absolute Gasteiger partial charge is 0.407 e. The third kappa shape index (κ3) is 3.67. The average Bonchev–Trinajstić information content (AvgIpc) is 3.22. The first-order valence-corrected chi connectivity index (χ1v) is 6.87. The molecule has 3 N–H and O–H groups in total. The number of hydrogen-bond acceptors (Lipinski definition) is 4. The molecule has 0 radical (unpaired) electrons. The summed E-state index contributed by atoms with van der Waals surface area (Å²) in [6.07, 6.45) is 0.0820. The maximum Gasteiger partial charge on any atom is 0.572 e. The summed E-state index contributed by atoms with van der Waals surface area (Å²) < 4.78 is 41.3. The van der Waals surface area contributed by atoms with Gasteiger partial charge in [0, 0.05) is 6.42 Å². The molecule has 0 heterocycles. The molecule has 22 heavy (non-hydrogen) atoms. The highest BCUT2D eigenvalue weighted by Crippen LogP contribution is 2.49. The van der Waals surface area contributed by atoms with Crippen molar-refractivity contribution in [3.8, 4) is 6.07 Å². The number of rotatable bonds is 4. The van der Waals surface area contributed by atoms with Crippen LogP contribution in [0.3, 0.4) is 0 Å². The number of nitrogens with two attached hydrogens (primary N) is 1. The van der Waals surface area contributed by atoms with E-state index in [-0.39, 0.29) is 22.9 Å². The predicted molar refractivity (Wildman–Crippen MR) is 76.1 cm³/mol. The molecular formula is C14H13F3N2O2S. The van der Waals surface area contributed by atoms with Crippen LogP contribution in [-0.2, 0) is 4.74 Å². The molecule has 0 aliphatic heterocycles. The van der Waals surface area contributed by atoms with E-state index in [1.165, 1.54) is 12.2 Å². The van der Waals surface area contributed by atoms with Crippen LogP contribution in [0.5, 0.6) is 0 Å². The molecule has 0 aromatic rings. The molecule has 1 atom stereocenters. The van der Waals surface area contributed by atoms with Gasteiger partial charge in [-0.3, -0.25) is 0 Å². The van der Waals surface area contributed by atoms with Crippen molar-refractivity contribution in [2.45, 2.75) is 31.2 Å². The zero-order chi connectivity index (χ0) is 16.5. The number of thiocarbonyl (C=S) groups is 1. The van der Waals surface area contributed by atoms with Crippen LogP contribution in [-0.4, -0.2) is 22.1 Å². The Kier molecular flexibility index (Phi) is 4.31. The number of nitriles is 1. The van der Waals surface area contributed by atoms with Crippen molar-refractivity contribution in [1.82, 2.24) is 0 Å². The van der Waals surface area contributed by atoms with E-state index in [1.54, 1.807) is 0 Å². The number of alkyl halides is 3. The van der Waals surface area contributed by atoms with Gasteiger partial charge in [-0.05, 0) is 36.5 Å². The van der Waals surface area contributed by atoms with Gasteiger partial charge >= 0.3 is 6.36 Å². The second kappa shape index (κ2) is 5.74. The lowest BCUT2D eigenvalue weighted by molar-refractivity contribution is -0.315. The van der Waals surface area contributed by atoms with Crippen molar-refractivity contribution in [1.29, 1.82) is 5.26 Å². The lowest BCUT2D eigenvalue weighted by atomic mass is 9.83. The topological polar surface area (TPSA) is 79.3 Å². The van der Waals surface area contributed by atoms with Gasteiger partial charge in [0.1, 0.15) is 22.4 Å². The number of aliphatic hydroxyl groups is 1. The molecular weight excluding hydrogens is 317 g/mol. The predicted octanol–water partition coefficient (Wildman–Crippen LogP) is 2.61. The van der Waals surface area contributed by atoms with Gasteiger partial charge in [0.15, 0.2) is 0 Å². The molecule has 2 aliphatic carbocycles. The summed E-state index contributed by atoms with van der Waals surface area (Å²) in [5.41, 5.74) is 4.15. The third-order valence-electron chi connectivity index (χ3n) is 3.54. The van der Waals surface area contributed by atoms with Crippen LogP contribution in [0.25, 0.3) is 0 Å². The first-order valence-electron chi connectivity index (χ1n) is 6.47. The lowest BCUT2D eigenvalue weighted by Gasteiger charge is -2.33. The number of nitrogens with zero attached hydrogens (tertiary/aromatic N) is 1. The summed E-state index contributed by atoms with van der Waals surface area (Å²) in [6, 6.07) is 1.81. The van der Waals surface area contributed by atoms with Gasteiger partial charge in [-0.25, -0.2) is 0 Å². The van der Waals surface area contributed by atoms with Crippen LogP contribution in [0, 0.1) is 17.2 Å². The van der Waals surface area contributed by atoms with Crippen LogP contribution in [0.1, 0.15) is 19.3 Å². The molecule has 8 heteroatoms. The van der Waals surface area contributed by atoms with Crippen LogP contribution in [0.2, 0.25) is 0 Å². The summed E-state index contributed by atoms with van der Waals surface area (Å²) in [4.78, 5) is -0.111. The molecule has 0 bridgehead atoms. The Labute approximate surface area is 130 Å². The molecule has 2 aliphatic rings. The molecule has 1 fully saturated rings. The van der Waals surface area contributed by atoms with E-state index in [0.717, 1.165) is 6.08 Å². The van der Waals surface area contributed by atoms with E-state index in [1.807, 2.05) is 6.07 Å². The summed E-state index contributed by atoms with van der Waals surface area (Å²) in [7, 11) is 0. The maximum atomic E-state index is 12.5. The molecule has 118 valence electrons. The summed E-state index contributed by atoms with van der Waals surface area (Å²) in [6.45, 7) is 0. The van der Waals surface area contributed by atoms with E-state index in [0.29, 0.717) is 18.4 Å². The van der Waals surface area contributed by atoms with Crippen molar-refractivity contribution in [3.63, 3.8) is 0 Å². The van der Waals surface area contributed by atoms with Gasteiger partial charge in [-0.1, -0.05) is 18.3 Å². The Balaban J connectivity index is 2.34. The van der Waals surface area contributed by atoms with Gasteiger partial charge < -0.3 is 15.6 Å². The quantitative estimate of drug-likeness (QED) is 0.471. The molecule has 4 nitrogen and oxygen atoms in total. The Bertz CT molecular complexity index is 627. The summed E-state index contributed by atoms with van der Waals surface area (Å²) in [5, 5.41) is 19.5. The number of ether oxygens (including phenoxy) is 1. The molecule has 2 rings (SSSR count). The largest absolute Gasteiger partial charge is 0.572 e. The van der Waals surface area contributed by atoms with Crippen LogP contribution in [0.15, 0.2) is 35.1 Å². The number of allylic oxidation sites excluding steroid dienone is 3. The molecule has 1 saturated carbocycles. The van der Waals surface area contributed by atoms with E-state index >= 15 is 0 Å². The number of halogens is 3. The highest BCUT2D eigenvalue weighted by molar-refractivity contribution is 7.80. The van der Waals surface area contributed by atoms with Crippen LogP contribution < -0.4 is 5.73 Å². The SMILES string of the molecule is N#CC(=CC1=CC=C(OC(F)(F)F)C(O)(C2CC2)C1)C(N)=S. The Morgan fingerprint density at radius 1 is 1.50 bits per heavy atom. The van der Waals surface area contributed by atoms with Crippen molar-refractivity contribution in [2.24, 2.45) is 11.7 Å². The average molecular weight is 330 g/mol. The van der Waals surface area contributed by atoms with Gasteiger partial charge in [0.25, 0.3) is 0 Å². The van der Waals surface area contributed by atoms with E-state index in [2.05, 4.69) is 4.74 Å². The Morgan fingerprint density at radius 2 is 2.14 bits per heavy atom. The fourth-order valence-corrected chi connectivity index (χ4v) is 2.49. The zero-order valence-electron chi connectivity index (χ0n) is 11.4. The monoisotopic (exact) mass is 330 g/mol. The zero-order valence-corrected chi connectivity index (χ0v) is 12.2. The van der Waals surface area contributed by atoms with Crippen molar-refractivity contribution in [2.75, 3.05) is 0 Å². The molecule has 0 aromatic carbocycles. The number of hydrogen-bond donors (Lipinski definition) is 2. The lowest BCUT2D eigenvalue weighted by Crippen LogP contribution is -2.39. The highest BCUT2D eigenvalue weighted by atomic mass is 32.1. The molecule has 0 spiro atoms. The minimum Gasteiger partial charge on any atom is -0.407 e. The van der Waals surface area contributed by atoms with Crippen LogP contribution >= 0.6 is 12.2 Å². The summed E-state index contributed by atoms with van der Waals surface area (Å²) >= 11 is 4.71. The molecule has 0 amide bonds. The molecule has 0 aromatic heterocycles. The van der Waals surface area contributed by atoms with E-state index in [4.69, 9.17) is 23.2 Å². The van der Waals surface area contributed by atoms with Gasteiger partial charge in [-0.15, -0.1) is 13.2 Å². The van der Waals surface area contributed by atoms with E-state index < -0.39 is 17.7 Å². The first-order chi connectivity index (χ1) is 10.2. The summed E-state index contributed by atoms with van der Waals surface area (Å²) in [5.74, 6) is -0.818. The van der Waals surface area contributed by atoms with Gasteiger partial charge in [0.05, 0.1) is 5.57 Å². The van der Waals surface area contributed by atoms with Gasteiger partial charge in [0.2, 0.25) is 0 Å². The van der Waals surface area contributed by atoms with Crippen molar-refractivity contribution >= 4 is 17.2 Å². The highest BCUT2D eigenvalue weighted by Gasteiger charge is 2.51. The minimum atomic E-state index is -4.87. The molecule has 0 saturated heterocycles. The third-order valence-corrected chi connectivity index (χ3v) is 3.76. The fraction of sp³-hybridized carbons (Fsp3) is 0.429. The Hall–Kier alpha value is -1.85. The van der Waals surface area contributed by atoms with Crippen molar-refractivity contribution < 1.29 is 23.0 Å². The second-order valence-corrected chi connectivity index (χ2v) is 5.67.